The van der Waals surface area contributed by atoms with Crippen LogP contribution in [0.15, 0.2) is 30.5 Å². The Balaban J connectivity index is 1.58. The molecule has 1 aromatic carbocycles. The topological polar surface area (TPSA) is 78.4 Å². The van der Waals surface area contributed by atoms with Crippen LogP contribution in [0.25, 0.3) is 0 Å². The lowest BCUT2D eigenvalue weighted by molar-refractivity contribution is 0.0463. The predicted molar refractivity (Wildman–Crippen MR) is 128 cm³/mol. The van der Waals surface area contributed by atoms with Crippen LogP contribution in [0.2, 0.25) is 10.3 Å². The van der Waals surface area contributed by atoms with E-state index in [-0.39, 0.29) is 17.1 Å². The van der Waals surface area contributed by atoms with Crippen LogP contribution < -0.4 is 10.2 Å². The molecule has 0 aliphatic heterocycles. The number of hydrogen-bond acceptors (Lipinski definition) is 5. The third-order valence-corrected chi connectivity index (χ3v) is 7.20. The first-order chi connectivity index (χ1) is 15.5. The monoisotopic (exact) mass is 476 g/mol. The van der Waals surface area contributed by atoms with Gasteiger partial charge < -0.3 is 15.3 Å². The number of aliphatic hydroxyl groups excluding tert-OH is 1. The Kier molecular flexibility index (Phi) is 7.87. The molecule has 8 heteroatoms. The smallest absolute Gasteiger partial charge is 0.254 e. The van der Waals surface area contributed by atoms with E-state index in [1.54, 1.807) is 18.3 Å². The average Bonchev–Trinajstić information content (AvgIpc) is 3.32. The minimum atomic E-state index is -0.863. The van der Waals surface area contributed by atoms with Gasteiger partial charge in [0.1, 0.15) is 12.0 Å². The van der Waals surface area contributed by atoms with E-state index in [2.05, 4.69) is 20.2 Å². The van der Waals surface area contributed by atoms with Gasteiger partial charge >= 0.3 is 0 Å². The van der Waals surface area contributed by atoms with Crippen molar-refractivity contribution >= 4 is 40.6 Å². The zero-order valence-corrected chi connectivity index (χ0v) is 19.7. The first kappa shape index (κ1) is 23.3. The van der Waals surface area contributed by atoms with E-state index in [4.69, 9.17) is 23.2 Å². The van der Waals surface area contributed by atoms with Gasteiger partial charge in [-0.25, -0.2) is 9.97 Å². The number of aromatic nitrogens is 2. The van der Waals surface area contributed by atoms with Gasteiger partial charge in [-0.05, 0) is 67.5 Å². The molecule has 2 N–H and O–H groups in total. The third kappa shape index (κ3) is 5.72. The summed E-state index contributed by atoms with van der Waals surface area (Å²) in [6.07, 6.45) is 10.8. The minimum absolute atomic E-state index is 0.0942. The molecule has 32 heavy (non-hydrogen) atoms. The molecule has 2 aliphatic carbocycles. The summed E-state index contributed by atoms with van der Waals surface area (Å²) < 4.78 is 0. The summed E-state index contributed by atoms with van der Waals surface area (Å²) in [7, 11) is 0. The van der Waals surface area contributed by atoms with Gasteiger partial charge in [-0.2, -0.15) is 0 Å². The van der Waals surface area contributed by atoms with Crippen molar-refractivity contribution in [2.75, 3.05) is 11.4 Å². The van der Waals surface area contributed by atoms with E-state index in [1.807, 2.05) is 12.1 Å². The van der Waals surface area contributed by atoms with E-state index < -0.39 is 6.23 Å². The predicted octanol–water partition coefficient (Wildman–Crippen LogP) is 5.74. The highest BCUT2D eigenvalue weighted by Gasteiger charge is 2.26. The van der Waals surface area contributed by atoms with Gasteiger partial charge in [0.25, 0.3) is 5.91 Å². The van der Waals surface area contributed by atoms with Gasteiger partial charge in [0, 0.05) is 24.3 Å². The number of rotatable bonds is 7. The fourth-order valence-electron chi connectivity index (χ4n) is 4.89. The average molecular weight is 477 g/mol. The summed E-state index contributed by atoms with van der Waals surface area (Å²) in [5.41, 5.74) is 1.16. The largest absolute Gasteiger partial charge is 0.373 e. The molecular formula is C24H30Cl2N4O2. The second-order valence-corrected chi connectivity index (χ2v) is 9.67. The number of carbonyl (C=O) groups excluding carboxylic acids is 1. The fraction of sp³-hybridized carbons (Fsp3) is 0.542. The van der Waals surface area contributed by atoms with Crippen LogP contribution in [0.3, 0.4) is 0 Å². The summed E-state index contributed by atoms with van der Waals surface area (Å²) in [4.78, 5) is 23.5. The quantitative estimate of drug-likeness (QED) is 0.393. The van der Waals surface area contributed by atoms with Crippen molar-refractivity contribution in [3.8, 4) is 0 Å². The molecule has 2 fully saturated rings. The Morgan fingerprint density at radius 2 is 1.81 bits per heavy atom. The van der Waals surface area contributed by atoms with Crippen LogP contribution in [0.4, 0.5) is 11.5 Å². The number of nitrogens with zero attached hydrogens (tertiary/aromatic N) is 3. The van der Waals surface area contributed by atoms with Gasteiger partial charge in [-0.15, -0.1) is 0 Å². The van der Waals surface area contributed by atoms with Crippen LogP contribution in [0.5, 0.6) is 0 Å². The molecule has 2 aromatic rings. The van der Waals surface area contributed by atoms with Gasteiger partial charge in [0.2, 0.25) is 5.28 Å². The van der Waals surface area contributed by atoms with Crippen LogP contribution in [0, 0.1) is 11.8 Å². The highest BCUT2D eigenvalue weighted by molar-refractivity contribution is 6.34. The number of halogens is 2. The Labute approximate surface area is 199 Å². The summed E-state index contributed by atoms with van der Waals surface area (Å²) in [6.45, 7) is 0.779. The number of carbonyl (C=O) groups is 1. The molecule has 1 aromatic heterocycles. The Morgan fingerprint density at radius 1 is 1.09 bits per heavy atom. The van der Waals surface area contributed by atoms with Crippen LogP contribution in [0.1, 0.15) is 68.1 Å². The van der Waals surface area contributed by atoms with Crippen molar-refractivity contribution in [3.63, 3.8) is 0 Å². The number of nitrogens with one attached hydrogen (secondary N) is 1. The zero-order chi connectivity index (χ0) is 22.5. The normalized spacial score (nSPS) is 18.5. The molecule has 4 rings (SSSR count). The number of benzene rings is 1. The molecule has 0 spiro atoms. The van der Waals surface area contributed by atoms with Crippen molar-refractivity contribution in [3.05, 3.63) is 46.3 Å². The maximum Gasteiger partial charge on any atom is 0.254 e. The molecule has 1 heterocycles. The molecule has 6 nitrogen and oxygen atoms in total. The van der Waals surface area contributed by atoms with Gasteiger partial charge in [0.05, 0.1) is 10.6 Å². The Hall–Kier alpha value is -1.89. The highest BCUT2D eigenvalue weighted by Crippen LogP contribution is 2.33. The second kappa shape index (κ2) is 10.8. The minimum Gasteiger partial charge on any atom is -0.373 e. The van der Waals surface area contributed by atoms with Crippen molar-refractivity contribution in [1.29, 1.82) is 0 Å². The second-order valence-electron chi connectivity index (χ2n) is 8.93. The van der Waals surface area contributed by atoms with Crippen LogP contribution in [-0.2, 0) is 0 Å². The molecule has 2 saturated carbocycles. The van der Waals surface area contributed by atoms with Gasteiger partial charge in [-0.1, -0.05) is 43.7 Å². The standard InChI is InChI=1S/C24H30Cl2N4O2/c25-20-11-10-18(14-19(20)23(32)29-22(31)17-8-2-1-3-9-17)30(15-16-6-4-5-7-16)21-12-13-27-24(26)28-21/h10-14,16-17,22,31H,1-9,15H2,(H,29,32). The summed E-state index contributed by atoms with van der Waals surface area (Å²) in [5, 5.41) is 13.9. The Bertz CT molecular complexity index is 930. The summed E-state index contributed by atoms with van der Waals surface area (Å²) in [6, 6.07) is 7.21. The molecule has 0 saturated heterocycles. The fourth-order valence-corrected chi connectivity index (χ4v) is 5.24. The van der Waals surface area contributed by atoms with Gasteiger partial charge in [-0.3, -0.25) is 4.79 Å². The summed E-state index contributed by atoms with van der Waals surface area (Å²) >= 11 is 12.5. The lowest BCUT2D eigenvalue weighted by Crippen LogP contribution is -2.41. The molecule has 1 amide bonds. The third-order valence-electron chi connectivity index (χ3n) is 6.69. The lowest BCUT2D eigenvalue weighted by Gasteiger charge is -2.28. The molecule has 2 aliphatic rings. The highest BCUT2D eigenvalue weighted by atomic mass is 35.5. The molecule has 1 atom stereocenters. The SMILES string of the molecule is O=C(NC(O)C1CCCCC1)c1cc(N(CC2CCCC2)c2ccnc(Cl)n2)ccc1Cl. The molecule has 0 radical (unpaired) electrons. The van der Waals surface area contributed by atoms with Crippen molar-refractivity contribution in [1.82, 2.24) is 15.3 Å². The van der Waals surface area contributed by atoms with Gasteiger partial charge in [0.15, 0.2) is 0 Å². The van der Waals surface area contributed by atoms with Crippen LogP contribution >= 0.6 is 23.2 Å². The first-order valence-corrected chi connectivity index (χ1v) is 12.3. The van der Waals surface area contributed by atoms with E-state index in [0.29, 0.717) is 22.3 Å². The lowest BCUT2D eigenvalue weighted by atomic mass is 9.88. The van der Waals surface area contributed by atoms with E-state index in [0.717, 1.165) is 37.9 Å². The molecule has 172 valence electrons. The summed E-state index contributed by atoms with van der Waals surface area (Å²) in [5.74, 6) is 0.964. The van der Waals surface area contributed by atoms with E-state index in [1.165, 1.54) is 32.1 Å². The van der Waals surface area contributed by atoms with Crippen molar-refractivity contribution in [2.45, 2.75) is 64.0 Å². The number of amides is 1. The molecule has 1 unspecified atom stereocenters. The maximum absolute atomic E-state index is 13.0. The number of aliphatic hydroxyl groups is 1. The maximum atomic E-state index is 13.0. The van der Waals surface area contributed by atoms with E-state index in [9.17, 15) is 9.90 Å². The Morgan fingerprint density at radius 3 is 2.53 bits per heavy atom. The van der Waals surface area contributed by atoms with E-state index >= 15 is 0 Å². The first-order valence-electron chi connectivity index (χ1n) is 11.6. The zero-order valence-electron chi connectivity index (χ0n) is 18.1. The number of anilines is 2. The van der Waals surface area contributed by atoms with Crippen molar-refractivity contribution in [2.24, 2.45) is 11.8 Å². The molecular weight excluding hydrogens is 447 g/mol. The number of hydrogen-bond donors (Lipinski definition) is 2. The molecule has 0 bridgehead atoms. The van der Waals surface area contributed by atoms with Crippen LogP contribution in [-0.4, -0.2) is 33.8 Å². The van der Waals surface area contributed by atoms with Crippen molar-refractivity contribution < 1.29 is 9.90 Å².